The third kappa shape index (κ3) is 6.17. The number of nitrogens with zero attached hydrogens (tertiary/aromatic N) is 7. The van der Waals surface area contributed by atoms with Gasteiger partial charge in [-0.1, -0.05) is 23.9 Å². The second-order valence-electron chi connectivity index (χ2n) is 10.3. The molecule has 0 saturated carbocycles. The summed E-state index contributed by atoms with van der Waals surface area (Å²) in [7, 11) is 0. The van der Waals surface area contributed by atoms with Crippen LogP contribution in [0.1, 0.15) is 22.0 Å². The monoisotopic (exact) mass is 693 g/mol. The van der Waals surface area contributed by atoms with Crippen LogP contribution in [0.3, 0.4) is 0 Å². The number of fused-ring (bicyclic) bond motifs is 2. The zero-order valence-corrected chi connectivity index (χ0v) is 25.9. The summed E-state index contributed by atoms with van der Waals surface area (Å²) in [5, 5.41) is 54.9. The highest BCUT2D eigenvalue weighted by Crippen LogP contribution is 2.41. The Bertz CT molecular complexity index is 2000. The number of benzene rings is 1. The van der Waals surface area contributed by atoms with Gasteiger partial charge in [0.1, 0.15) is 46.5 Å². The average molecular weight is 694 g/mol. The van der Waals surface area contributed by atoms with E-state index in [0.29, 0.717) is 11.1 Å². The predicted octanol–water partition coefficient (Wildman–Crippen LogP) is 0.114. The Labute approximate surface area is 277 Å². The molecule has 48 heavy (non-hydrogen) atoms. The summed E-state index contributed by atoms with van der Waals surface area (Å²) in [5.74, 6) is -5.27. The molecule has 0 spiro atoms. The van der Waals surface area contributed by atoms with E-state index >= 15 is 0 Å². The number of rotatable bonds is 11. The van der Waals surface area contributed by atoms with Gasteiger partial charge in [0.2, 0.25) is 11.1 Å². The summed E-state index contributed by atoms with van der Waals surface area (Å²) in [4.78, 5) is 73.0. The van der Waals surface area contributed by atoms with Crippen molar-refractivity contribution in [3.05, 3.63) is 71.2 Å². The molecule has 0 radical (unpaired) electrons. The Hall–Kier alpha value is -5.76. The molecule has 18 nitrogen and oxygen atoms in total. The molecule has 4 aromatic rings. The van der Waals surface area contributed by atoms with Crippen LogP contribution >= 0.6 is 23.5 Å². The molecule has 3 atom stereocenters. The van der Waals surface area contributed by atoms with Gasteiger partial charge < -0.3 is 31.1 Å². The molecule has 2 aliphatic rings. The number of tetrazole rings is 1. The lowest BCUT2D eigenvalue weighted by Crippen LogP contribution is -2.71. The van der Waals surface area contributed by atoms with Crippen LogP contribution in [0.2, 0.25) is 0 Å². The number of carboxylic acid groups (broad SMARTS) is 2. The zero-order valence-electron chi connectivity index (χ0n) is 24.2. The second-order valence-corrected chi connectivity index (χ2v) is 12.4. The van der Waals surface area contributed by atoms with Gasteiger partial charge in [0.25, 0.3) is 11.8 Å². The van der Waals surface area contributed by atoms with Crippen molar-refractivity contribution in [2.75, 3.05) is 11.5 Å². The molecule has 1 saturated heterocycles. The van der Waals surface area contributed by atoms with Crippen molar-refractivity contribution in [3.63, 3.8) is 0 Å². The van der Waals surface area contributed by atoms with E-state index in [2.05, 4.69) is 36.1 Å². The van der Waals surface area contributed by atoms with Gasteiger partial charge in [-0.2, -0.15) is 0 Å². The Morgan fingerprint density at radius 3 is 2.58 bits per heavy atom. The minimum atomic E-state index is -1.41. The number of aromatic nitrogens is 6. The Balaban J connectivity index is 1.20. The molecule has 3 amide bonds. The third-order valence-corrected chi connectivity index (χ3v) is 9.70. The number of amides is 3. The molecule has 6 rings (SSSR count). The highest BCUT2D eigenvalue weighted by atomic mass is 32.2. The lowest BCUT2D eigenvalue weighted by Gasteiger charge is -2.49. The summed E-state index contributed by atoms with van der Waals surface area (Å²) >= 11 is 2.21. The van der Waals surface area contributed by atoms with Gasteiger partial charge in [-0.25, -0.2) is 9.48 Å². The number of phenols is 1. The number of phenolic OH excluding ortho intramolecular Hbond substituents is 1. The van der Waals surface area contributed by atoms with E-state index in [9.17, 15) is 39.3 Å². The fraction of sp³-hybridized carbons (Fsp3) is 0.214. The van der Waals surface area contributed by atoms with Crippen LogP contribution in [0, 0.1) is 0 Å². The van der Waals surface area contributed by atoms with Crippen molar-refractivity contribution in [1.29, 1.82) is 0 Å². The van der Waals surface area contributed by atoms with Crippen molar-refractivity contribution >= 4 is 64.2 Å². The highest BCUT2D eigenvalue weighted by molar-refractivity contribution is 8.01. The van der Waals surface area contributed by atoms with Gasteiger partial charge >= 0.3 is 11.9 Å². The Morgan fingerprint density at radius 2 is 1.85 bits per heavy atom. The number of thioether (sulfide) groups is 2. The van der Waals surface area contributed by atoms with Crippen molar-refractivity contribution in [3.8, 4) is 11.5 Å². The lowest BCUT2D eigenvalue weighted by molar-refractivity contribution is -0.151. The maximum Gasteiger partial charge on any atom is 0.352 e. The van der Waals surface area contributed by atoms with Gasteiger partial charge in [0, 0.05) is 23.9 Å². The smallest absolute Gasteiger partial charge is 0.352 e. The number of carboxylic acids is 2. The highest BCUT2D eigenvalue weighted by Gasteiger charge is 2.54. The van der Waals surface area contributed by atoms with Gasteiger partial charge in [-0.05, 0) is 45.8 Å². The first-order valence-electron chi connectivity index (χ1n) is 13.9. The minimum Gasteiger partial charge on any atom is -0.508 e. The largest absolute Gasteiger partial charge is 0.508 e. The summed E-state index contributed by atoms with van der Waals surface area (Å²) < 4.78 is 1.05. The maximum absolute atomic E-state index is 13.7. The second kappa shape index (κ2) is 13.2. The maximum atomic E-state index is 13.7. The van der Waals surface area contributed by atoms with Crippen LogP contribution in [0.25, 0.3) is 11.0 Å². The van der Waals surface area contributed by atoms with E-state index in [1.165, 1.54) is 42.2 Å². The normalized spacial score (nSPS) is 17.8. The molecule has 0 aliphatic carbocycles. The first kappa shape index (κ1) is 32.2. The fourth-order valence-corrected chi connectivity index (χ4v) is 7.42. The van der Waals surface area contributed by atoms with Gasteiger partial charge in [0.05, 0.1) is 5.52 Å². The van der Waals surface area contributed by atoms with Crippen LogP contribution in [0.15, 0.2) is 65.2 Å². The van der Waals surface area contributed by atoms with E-state index < -0.39 is 59.4 Å². The van der Waals surface area contributed by atoms with Crippen LogP contribution in [0.4, 0.5) is 0 Å². The molecule has 2 unspecified atom stereocenters. The molecule has 5 heterocycles. The third-order valence-electron chi connectivity index (χ3n) is 7.31. The Kier molecular flexibility index (Phi) is 8.82. The molecule has 6 N–H and O–H groups in total. The van der Waals surface area contributed by atoms with Crippen molar-refractivity contribution in [1.82, 2.24) is 45.7 Å². The van der Waals surface area contributed by atoms with Crippen molar-refractivity contribution in [2.45, 2.75) is 29.2 Å². The first-order chi connectivity index (χ1) is 23.0. The van der Waals surface area contributed by atoms with Gasteiger partial charge in [-0.3, -0.25) is 34.0 Å². The SMILES string of the molecule is O=C(O)Cn1nnnc1SCC1=C(C(=O)O)N2C(=O)C(NC(=O)C(NC(=O)c3cnc4cccnc4c3O)c3ccc(O)cc3)[C@H]2SC1. The molecular formula is C28H23N9O9S2. The van der Waals surface area contributed by atoms with E-state index in [1.54, 1.807) is 12.1 Å². The molecule has 3 aromatic heterocycles. The Morgan fingerprint density at radius 1 is 1.08 bits per heavy atom. The quantitative estimate of drug-likeness (QED) is 0.0899. The number of aromatic hydroxyl groups is 2. The number of hydrogen-bond acceptors (Lipinski definition) is 14. The van der Waals surface area contributed by atoms with Crippen LogP contribution in [-0.2, 0) is 25.7 Å². The molecule has 0 bridgehead atoms. The number of carbonyl (C=O) groups excluding carboxylic acids is 3. The molecule has 1 aromatic carbocycles. The lowest BCUT2D eigenvalue weighted by atomic mass is 10.0. The van der Waals surface area contributed by atoms with Gasteiger partial charge in [-0.15, -0.1) is 16.9 Å². The number of nitrogens with one attached hydrogen (secondary N) is 2. The molecule has 246 valence electrons. The zero-order chi connectivity index (χ0) is 34.1. The number of pyridine rings is 2. The minimum absolute atomic E-state index is 0.0447. The van der Waals surface area contributed by atoms with Crippen molar-refractivity contribution < 1.29 is 44.4 Å². The fourth-order valence-electron chi connectivity index (χ4n) is 5.06. The van der Waals surface area contributed by atoms with E-state index in [1.807, 2.05) is 0 Å². The average Bonchev–Trinajstić information content (AvgIpc) is 3.51. The number of aliphatic carboxylic acids is 2. The molecule has 20 heteroatoms. The van der Waals surface area contributed by atoms with E-state index in [0.717, 1.165) is 27.5 Å². The van der Waals surface area contributed by atoms with E-state index in [4.69, 9.17) is 5.11 Å². The number of hydrogen-bond donors (Lipinski definition) is 6. The first-order valence-corrected chi connectivity index (χ1v) is 15.9. The van der Waals surface area contributed by atoms with Crippen LogP contribution in [-0.4, -0.2) is 108 Å². The predicted molar refractivity (Wildman–Crippen MR) is 165 cm³/mol. The molecule has 2 aliphatic heterocycles. The number of carbonyl (C=O) groups is 5. The van der Waals surface area contributed by atoms with E-state index in [-0.39, 0.29) is 44.8 Å². The summed E-state index contributed by atoms with van der Waals surface area (Å²) in [6, 6.07) is 6.04. The van der Waals surface area contributed by atoms with Crippen molar-refractivity contribution in [2.24, 2.45) is 0 Å². The summed E-state index contributed by atoms with van der Waals surface area (Å²) in [5.41, 5.74) is 0.488. The topological polar surface area (TPSA) is 263 Å². The summed E-state index contributed by atoms with van der Waals surface area (Å²) in [6.45, 7) is -0.494. The molecule has 1 fully saturated rings. The summed E-state index contributed by atoms with van der Waals surface area (Å²) in [6.07, 6.45) is 2.55. The van der Waals surface area contributed by atoms with Crippen LogP contribution in [0.5, 0.6) is 11.5 Å². The molecular weight excluding hydrogens is 670 g/mol. The standard InChI is InChI=1S/C28H23N9O9S2/c38-14-5-3-12(4-6-14)18(31-23(42)15-8-30-16-2-1-7-29-19(16)22(15)41)24(43)32-20-25(44)37-21(27(45)46)13(10-47-26(20)37)11-48-28-33-34-35-36(28)9-17(39)40/h1-8,18,20,26,38H,9-11H2,(H,30,41)(H,31,42)(H,32,43)(H,39,40)(H,45,46)/t18?,20?,26-/m1/s1. The number of β-lactam (4-membered cyclic amide) rings is 1. The van der Waals surface area contributed by atoms with Crippen LogP contribution < -0.4 is 10.6 Å². The van der Waals surface area contributed by atoms with Gasteiger partial charge in [0.15, 0.2) is 5.75 Å².